The van der Waals surface area contributed by atoms with Crippen molar-refractivity contribution >= 4 is 16.0 Å². The number of benzene rings is 2. The zero-order valence-corrected chi connectivity index (χ0v) is 21.2. The molecule has 2 aliphatic rings. The second-order valence-corrected chi connectivity index (χ2v) is 12.3. The van der Waals surface area contributed by atoms with Gasteiger partial charge in [0.25, 0.3) is 0 Å². The zero-order valence-electron chi connectivity index (χ0n) is 20.4. The van der Waals surface area contributed by atoms with Crippen molar-refractivity contribution in [2.24, 2.45) is 0 Å². The maximum absolute atomic E-state index is 15.6. The van der Waals surface area contributed by atoms with Crippen LogP contribution >= 0.6 is 0 Å². The van der Waals surface area contributed by atoms with Crippen LogP contribution in [0.15, 0.2) is 36.4 Å². The van der Waals surface area contributed by atoms with Crippen LogP contribution in [-0.2, 0) is 25.8 Å². The minimum absolute atomic E-state index is 0.0189. The summed E-state index contributed by atoms with van der Waals surface area (Å²) >= 11 is 0. The Balaban J connectivity index is 1.65. The van der Waals surface area contributed by atoms with Crippen LogP contribution in [0.1, 0.15) is 32.8 Å². The highest BCUT2D eigenvalue weighted by atomic mass is 32.2. The third-order valence-electron chi connectivity index (χ3n) is 6.26. The maximum Gasteiger partial charge on any atom is 0.410 e. The highest BCUT2D eigenvalue weighted by Gasteiger charge is 2.42. The van der Waals surface area contributed by atoms with Crippen LogP contribution in [0.2, 0.25) is 0 Å². The summed E-state index contributed by atoms with van der Waals surface area (Å²) in [7, 11) is -3.22. The molecule has 1 unspecified atom stereocenters. The van der Waals surface area contributed by atoms with Gasteiger partial charge in [0.15, 0.2) is 0 Å². The predicted molar refractivity (Wildman–Crippen MR) is 129 cm³/mol. The molecule has 3 atom stereocenters. The lowest BCUT2D eigenvalue weighted by Gasteiger charge is -2.34. The molecule has 0 radical (unpaired) electrons. The Hall–Kier alpha value is -2.63. The van der Waals surface area contributed by atoms with Gasteiger partial charge in [-0.1, -0.05) is 18.2 Å². The molecule has 7 nitrogen and oxygen atoms in total. The molecule has 2 aliphatic heterocycles. The molecule has 0 aromatic heterocycles. The molecule has 4 rings (SSSR count). The second-order valence-electron chi connectivity index (χ2n) is 10.2. The zero-order chi connectivity index (χ0) is 26.3. The van der Waals surface area contributed by atoms with Gasteiger partial charge < -0.3 is 14.4 Å². The largest absolute Gasteiger partial charge is 0.444 e. The average Bonchev–Trinajstić information content (AvgIpc) is 3.07. The Morgan fingerprint density at radius 1 is 1.19 bits per heavy atom. The summed E-state index contributed by atoms with van der Waals surface area (Å²) in [5.74, 6) is -2.32. The molecule has 2 heterocycles. The Bertz CT molecular complexity index is 1230. The number of likely N-dealkylation sites (tertiary alicyclic amines) is 1. The van der Waals surface area contributed by atoms with E-state index >= 15 is 4.39 Å². The highest BCUT2D eigenvalue weighted by Crippen LogP contribution is 2.31. The number of carbonyl (C=O) groups is 1. The minimum atomic E-state index is -3.22. The van der Waals surface area contributed by atoms with Gasteiger partial charge in [0, 0.05) is 24.2 Å². The molecule has 2 N–H and O–H groups in total. The van der Waals surface area contributed by atoms with E-state index < -0.39 is 56.4 Å². The normalized spacial score (nSPS) is 22.2. The van der Waals surface area contributed by atoms with Gasteiger partial charge in [0.05, 0.1) is 19.3 Å². The Morgan fingerprint density at radius 2 is 1.86 bits per heavy atom. The number of amides is 1. The number of carbonyl (C=O) groups excluding carboxylic acids is 1. The van der Waals surface area contributed by atoms with E-state index in [4.69, 9.17) is 14.3 Å². The molecule has 2 saturated heterocycles. The molecule has 2 aromatic carbocycles. The molecule has 0 spiro atoms. The van der Waals surface area contributed by atoms with E-state index in [9.17, 15) is 17.8 Å². The monoisotopic (exact) mass is 525 g/mol. The Kier molecular flexibility index (Phi) is 7.36. The van der Waals surface area contributed by atoms with Gasteiger partial charge in [0.2, 0.25) is 0 Å². The molecule has 196 valence electrons. The Morgan fingerprint density at radius 3 is 2.44 bits per heavy atom. The summed E-state index contributed by atoms with van der Waals surface area (Å²) in [6.45, 7) is 5.90. The molecular weight excluding hydrogens is 495 g/mol. The first-order valence-electron chi connectivity index (χ1n) is 11.7. The summed E-state index contributed by atoms with van der Waals surface area (Å²) in [5.41, 5.74) is -0.469. The molecule has 1 amide bonds. The molecule has 0 bridgehead atoms. The number of nitrogens with one attached hydrogen (secondary N) is 2. The van der Waals surface area contributed by atoms with Gasteiger partial charge in [-0.3, -0.25) is 0 Å². The highest BCUT2D eigenvalue weighted by molar-refractivity contribution is 7.91. The topological polar surface area (TPSA) is 91.7 Å². The van der Waals surface area contributed by atoms with Crippen molar-refractivity contribution in [2.45, 2.75) is 56.5 Å². The lowest BCUT2D eigenvalue weighted by molar-refractivity contribution is 0.0216. The van der Waals surface area contributed by atoms with E-state index in [1.807, 2.05) is 0 Å². The lowest BCUT2D eigenvalue weighted by atomic mass is 9.96. The third-order valence-corrected chi connectivity index (χ3v) is 8.12. The molecular formula is C25H30F3N3O4S. The molecule has 2 fully saturated rings. The molecule has 0 aliphatic carbocycles. The quantitative estimate of drug-likeness (QED) is 0.575. The summed E-state index contributed by atoms with van der Waals surface area (Å²) in [6.07, 6.45) is -0.182. The number of hydrogen-bond acceptors (Lipinski definition) is 5. The smallest absolute Gasteiger partial charge is 0.410 e. The molecule has 11 heteroatoms. The number of ether oxygens (including phenoxy) is 2. The van der Waals surface area contributed by atoms with E-state index in [0.29, 0.717) is 12.5 Å². The van der Waals surface area contributed by atoms with Crippen molar-refractivity contribution in [3.8, 4) is 11.1 Å². The maximum atomic E-state index is 15.6. The van der Waals surface area contributed by atoms with Crippen LogP contribution in [0, 0.1) is 22.2 Å². The van der Waals surface area contributed by atoms with E-state index in [-0.39, 0.29) is 42.9 Å². The second kappa shape index (κ2) is 10.0. The fraction of sp³-hybridized carbons (Fsp3) is 0.480. The summed E-state index contributed by atoms with van der Waals surface area (Å²) in [5, 5.41) is -0.461. The van der Waals surface area contributed by atoms with E-state index in [2.05, 4.69) is 4.72 Å². The van der Waals surface area contributed by atoms with E-state index in [1.54, 1.807) is 26.8 Å². The van der Waals surface area contributed by atoms with Crippen LogP contribution in [0.3, 0.4) is 0 Å². The van der Waals surface area contributed by atoms with E-state index in [1.165, 1.54) is 17.0 Å². The average molecular weight is 526 g/mol. The number of rotatable bonds is 6. The van der Waals surface area contributed by atoms with Crippen molar-refractivity contribution in [3.63, 3.8) is 0 Å². The predicted octanol–water partition coefficient (Wildman–Crippen LogP) is 4.64. The van der Waals surface area contributed by atoms with Crippen molar-refractivity contribution in [1.82, 2.24) is 9.62 Å². The van der Waals surface area contributed by atoms with Gasteiger partial charge in [-0.15, -0.1) is 0 Å². The first kappa shape index (κ1) is 26.4. The van der Waals surface area contributed by atoms with Gasteiger partial charge >= 0.3 is 6.09 Å². The first-order chi connectivity index (χ1) is 16.8. The first-order valence-corrected chi connectivity index (χ1v) is 13.3. The lowest BCUT2D eigenvalue weighted by Crippen LogP contribution is -2.53. The third kappa shape index (κ3) is 5.84. The van der Waals surface area contributed by atoms with Crippen molar-refractivity contribution < 1.29 is 31.6 Å². The Labute approximate surface area is 209 Å². The van der Waals surface area contributed by atoms with Crippen LogP contribution < -0.4 is 4.72 Å². The number of hydrogen-bond donors (Lipinski definition) is 2. The molecule has 0 saturated carbocycles. The summed E-state index contributed by atoms with van der Waals surface area (Å²) in [6, 6.07) is 6.13. The van der Waals surface area contributed by atoms with Gasteiger partial charge in [-0.2, -0.15) is 0 Å². The van der Waals surface area contributed by atoms with E-state index in [0.717, 1.165) is 12.1 Å². The van der Waals surface area contributed by atoms with Gasteiger partial charge in [-0.05, 0) is 56.9 Å². The van der Waals surface area contributed by atoms with Crippen LogP contribution in [0.4, 0.5) is 18.0 Å². The SMILES string of the molecule is CC(C)(C)OC(=O)N1CC[C@H](NS(=N)(=O)C2COC2)[C@@H]1Cc1cccc(-c2cc(F)cc(F)c2)c1F. The fourth-order valence-corrected chi connectivity index (χ4v) is 5.91. The van der Waals surface area contributed by atoms with Crippen molar-refractivity contribution in [1.29, 1.82) is 4.78 Å². The standard InChI is InChI=1S/C25H30F3N3O4S/c1-25(2,3)35-24(32)31-8-7-21(30-36(29,33)19-13-34-14-19)22(31)11-15-5-4-6-20(23(15)28)16-9-17(26)12-18(27)10-16/h4-6,9-10,12,19,21-22H,7-8,11,13-14H2,1-3H3,(H2,29,30,33)/t21-,22-,36?/m0/s1. The molecule has 36 heavy (non-hydrogen) atoms. The number of nitrogens with zero attached hydrogens (tertiary/aromatic N) is 1. The molecule has 2 aromatic rings. The van der Waals surface area contributed by atoms with Gasteiger partial charge in [-0.25, -0.2) is 31.7 Å². The summed E-state index contributed by atoms with van der Waals surface area (Å²) < 4.78 is 78.0. The van der Waals surface area contributed by atoms with Crippen LogP contribution in [-0.4, -0.2) is 57.9 Å². The van der Waals surface area contributed by atoms with Crippen LogP contribution in [0.25, 0.3) is 11.1 Å². The minimum Gasteiger partial charge on any atom is -0.444 e. The van der Waals surface area contributed by atoms with Crippen molar-refractivity contribution in [2.75, 3.05) is 19.8 Å². The fourth-order valence-electron chi connectivity index (χ4n) is 4.41. The van der Waals surface area contributed by atoms with Crippen LogP contribution in [0.5, 0.6) is 0 Å². The summed E-state index contributed by atoms with van der Waals surface area (Å²) in [4.78, 5) is 14.4. The van der Waals surface area contributed by atoms with Gasteiger partial charge in [0.1, 0.15) is 38.2 Å². The van der Waals surface area contributed by atoms with Crippen molar-refractivity contribution in [3.05, 3.63) is 59.4 Å². The number of halogens is 3.